The van der Waals surface area contributed by atoms with E-state index in [4.69, 9.17) is 11.6 Å². The third-order valence-corrected chi connectivity index (χ3v) is 3.84. The van der Waals surface area contributed by atoms with Gasteiger partial charge in [-0.25, -0.2) is 4.79 Å². The van der Waals surface area contributed by atoms with Gasteiger partial charge in [0.2, 0.25) is 5.91 Å². The van der Waals surface area contributed by atoms with Crippen LogP contribution in [0.4, 0.5) is 5.69 Å². The van der Waals surface area contributed by atoms with Gasteiger partial charge in [-0.2, -0.15) is 0 Å². The van der Waals surface area contributed by atoms with Crippen LogP contribution in [-0.4, -0.2) is 31.6 Å². The van der Waals surface area contributed by atoms with Gasteiger partial charge in [-0.1, -0.05) is 11.6 Å². The summed E-state index contributed by atoms with van der Waals surface area (Å²) < 4.78 is 4.65. The number of carbonyl (C=O) groups is 2. The van der Waals surface area contributed by atoms with E-state index in [1.807, 2.05) is 6.92 Å². The maximum Gasteiger partial charge on any atom is 0.337 e. The highest BCUT2D eigenvalue weighted by atomic mass is 35.5. The van der Waals surface area contributed by atoms with Crippen molar-refractivity contribution in [3.8, 4) is 0 Å². The van der Waals surface area contributed by atoms with Crippen LogP contribution >= 0.6 is 11.6 Å². The first-order valence-electron chi connectivity index (χ1n) is 6.45. The van der Waals surface area contributed by atoms with Crippen LogP contribution in [0.1, 0.15) is 23.7 Å². The lowest BCUT2D eigenvalue weighted by atomic mass is 10.0. The number of esters is 1. The normalized spacial score (nSPS) is 21.6. The molecule has 0 bridgehead atoms. The van der Waals surface area contributed by atoms with Crippen molar-refractivity contribution in [1.29, 1.82) is 0 Å². The minimum absolute atomic E-state index is 0.0900. The molecule has 1 amide bonds. The predicted octanol–water partition coefficient (Wildman–Crippen LogP) is 2.06. The summed E-state index contributed by atoms with van der Waals surface area (Å²) in [6, 6.07) is 4.79. The number of halogens is 1. The number of carbonyl (C=O) groups excluding carboxylic acids is 2. The van der Waals surface area contributed by atoms with E-state index in [-0.39, 0.29) is 17.9 Å². The molecule has 0 aromatic heterocycles. The second kappa shape index (κ2) is 6.24. The predicted molar refractivity (Wildman–Crippen MR) is 77.0 cm³/mol. The van der Waals surface area contributed by atoms with Gasteiger partial charge >= 0.3 is 5.97 Å². The average Bonchev–Trinajstić information content (AvgIpc) is 2.86. The van der Waals surface area contributed by atoms with Crippen molar-refractivity contribution in [3.63, 3.8) is 0 Å². The fourth-order valence-corrected chi connectivity index (χ4v) is 2.47. The molecule has 1 aliphatic heterocycles. The molecule has 2 rings (SSSR count). The van der Waals surface area contributed by atoms with Crippen LogP contribution in [0.2, 0.25) is 5.02 Å². The summed E-state index contributed by atoms with van der Waals surface area (Å²) in [6.45, 7) is 2.80. The van der Waals surface area contributed by atoms with E-state index in [2.05, 4.69) is 15.4 Å². The first kappa shape index (κ1) is 14.8. The molecule has 1 aromatic rings. The largest absolute Gasteiger partial charge is 0.465 e. The maximum absolute atomic E-state index is 12.2. The zero-order chi connectivity index (χ0) is 14.7. The van der Waals surface area contributed by atoms with E-state index in [0.717, 1.165) is 13.0 Å². The topological polar surface area (TPSA) is 67.4 Å². The molecule has 0 radical (unpaired) electrons. The molecule has 1 heterocycles. The number of benzene rings is 1. The summed E-state index contributed by atoms with van der Waals surface area (Å²) in [5.74, 6) is -0.646. The highest BCUT2D eigenvalue weighted by Gasteiger charge is 2.29. The molecule has 6 heteroatoms. The number of rotatable bonds is 3. The third kappa shape index (κ3) is 3.11. The quantitative estimate of drug-likeness (QED) is 0.838. The van der Waals surface area contributed by atoms with Gasteiger partial charge < -0.3 is 15.4 Å². The highest BCUT2D eigenvalue weighted by Crippen LogP contribution is 2.25. The zero-order valence-corrected chi connectivity index (χ0v) is 12.2. The monoisotopic (exact) mass is 296 g/mol. The first-order chi connectivity index (χ1) is 9.52. The van der Waals surface area contributed by atoms with E-state index in [0.29, 0.717) is 16.3 Å². The number of anilines is 1. The van der Waals surface area contributed by atoms with Crippen LogP contribution < -0.4 is 10.6 Å². The van der Waals surface area contributed by atoms with Gasteiger partial charge in [-0.15, -0.1) is 0 Å². The van der Waals surface area contributed by atoms with Crippen LogP contribution in [0.15, 0.2) is 18.2 Å². The van der Waals surface area contributed by atoms with Crippen molar-refractivity contribution >= 4 is 29.2 Å². The van der Waals surface area contributed by atoms with Gasteiger partial charge in [-0.3, -0.25) is 4.79 Å². The SMILES string of the molecule is COC(=O)c1ccc(Cl)c(NC(=O)C2CCNC2C)c1. The molecule has 0 aliphatic carbocycles. The maximum atomic E-state index is 12.2. The molecular formula is C14H17ClN2O3. The summed E-state index contributed by atoms with van der Waals surface area (Å²) in [6.07, 6.45) is 0.793. The highest BCUT2D eigenvalue weighted by molar-refractivity contribution is 6.33. The molecule has 2 unspecified atom stereocenters. The third-order valence-electron chi connectivity index (χ3n) is 3.51. The van der Waals surface area contributed by atoms with Crippen LogP contribution in [0, 0.1) is 5.92 Å². The minimum Gasteiger partial charge on any atom is -0.465 e. The van der Waals surface area contributed by atoms with Crippen molar-refractivity contribution in [2.45, 2.75) is 19.4 Å². The van der Waals surface area contributed by atoms with Crippen LogP contribution in [0.5, 0.6) is 0 Å². The average molecular weight is 297 g/mol. The van der Waals surface area contributed by atoms with E-state index in [1.165, 1.54) is 13.2 Å². The Labute approximate surface area is 122 Å². The molecule has 0 saturated carbocycles. The number of nitrogens with one attached hydrogen (secondary N) is 2. The van der Waals surface area contributed by atoms with Gasteiger partial charge in [0.25, 0.3) is 0 Å². The fourth-order valence-electron chi connectivity index (χ4n) is 2.31. The van der Waals surface area contributed by atoms with E-state index < -0.39 is 5.97 Å². The standard InChI is InChI=1S/C14H17ClN2O3/c1-8-10(5-6-16-8)13(18)17-12-7-9(14(19)20-2)3-4-11(12)15/h3-4,7-8,10,16H,5-6H2,1-2H3,(H,17,18). The molecule has 1 fully saturated rings. The van der Waals surface area contributed by atoms with Gasteiger partial charge in [-0.05, 0) is 38.1 Å². The van der Waals surface area contributed by atoms with Crippen molar-refractivity contribution in [2.75, 3.05) is 19.0 Å². The molecule has 2 N–H and O–H groups in total. The lowest BCUT2D eigenvalue weighted by molar-refractivity contribution is -0.120. The summed E-state index contributed by atoms with van der Waals surface area (Å²) in [5.41, 5.74) is 0.781. The van der Waals surface area contributed by atoms with Gasteiger partial charge in [0.15, 0.2) is 0 Å². The Morgan fingerprint density at radius 1 is 1.45 bits per heavy atom. The van der Waals surface area contributed by atoms with E-state index >= 15 is 0 Å². The second-order valence-corrected chi connectivity index (χ2v) is 5.22. The van der Waals surface area contributed by atoms with Crippen LogP contribution in [0.25, 0.3) is 0 Å². The molecule has 1 aliphatic rings. The summed E-state index contributed by atoms with van der Waals surface area (Å²) in [5, 5.41) is 6.40. The molecule has 2 atom stereocenters. The Bertz CT molecular complexity index is 533. The molecule has 5 nitrogen and oxygen atoms in total. The summed E-state index contributed by atoms with van der Waals surface area (Å²) in [7, 11) is 1.31. The smallest absolute Gasteiger partial charge is 0.337 e. The number of methoxy groups -OCH3 is 1. The Hall–Kier alpha value is -1.59. The van der Waals surface area contributed by atoms with Crippen LogP contribution in [0.3, 0.4) is 0 Å². The van der Waals surface area contributed by atoms with Crippen molar-refractivity contribution in [1.82, 2.24) is 5.32 Å². The summed E-state index contributed by atoms with van der Waals surface area (Å²) >= 11 is 6.05. The van der Waals surface area contributed by atoms with Crippen molar-refractivity contribution < 1.29 is 14.3 Å². The second-order valence-electron chi connectivity index (χ2n) is 4.81. The van der Waals surface area contributed by atoms with Crippen LogP contribution in [-0.2, 0) is 9.53 Å². The molecule has 20 heavy (non-hydrogen) atoms. The minimum atomic E-state index is -0.465. The van der Waals surface area contributed by atoms with E-state index in [9.17, 15) is 9.59 Å². The van der Waals surface area contributed by atoms with E-state index in [1.54, 1.807) is 12.1 Å². The van der Waals surface area contributed by atoms with Gasteiger partial charge in [0.05, 0.1) is 29.3 Å². The Morgan fingerprint density at radius 3 is 2.80 bits per heavy atom. The lowest BCUT2D eigenvalue weighted by Crippen LogP contribution is -2.32. The molecule has 0 spiro atoms. The first-order valence-corrected chi connectivity index (χ1v) is 6.83. The Morgan fingerprint density at radius 2 is 2.20 bits per heavy atom. The van der Waals surface area contributed by atoms with Crippen molar-refractivity contribution in [2.24, 2.45) is 5.92 Å². The fraction of sp³-hybridized carbons (Fsp3) is 0.429. The number of hydrogen-bond donors (Lipinski definition) is 2. The van der Waals surface area contributed by atoms with Gasteiger partial charge in [0, 0.05) is 6.04 Å². The number of amides is 1. The molecule has 1 aromatic carbocycles. The van der Waals surface area contributed by atoms with Gasteiger partial charge in [0.1, 0.15) is 0 Å². The molecular weight excluding hydrogens is 280 g/mol. The summed E-state index contributed by atoms with van der Waals surface area (Å²) in [4.78, 5) is 23.7. The molecule has 108 valence electrons. The Balaban J connectivity index is 2.16. The lowest BCUT2D eigenvalue weighted by Gasteiger charge is -2.16. The zero-order valence-electron chi connectivity index (χ0n) is 11.4. The number of hydrogen-bond acceptors (Lipinski definition) is 4. The Kier molecular flexibility index (Phi) is 4.62. The molecule has 1 saturated heterocycles. The number of ether oxygens (including phenoxy) is 1. The van der Waals surface area contributed by atoms with Crippen molar-refractivity contribution in [3.05, 3.63) is 28.8 Å².